The van der Waals surface area contributed by atoms with Crippen LogP contribution in [0.3, 0.4) is 0 Å². The Kier molecular flexibility index (Phi) is 4.41. The fraction of sp³-hybridized carbons (Fsp3) is 0.333. The lowest BCUT2D eigenvalue weighted by Crippen LogP contribution is -2.20. The zero-order chi connectivity index (χ0) is 13.8. The van der Waals surface area contributed by atoms with E-state index in [9.17, 15) is 9.59 Å². The predicted octanol–water partition coefficient (Wildman–Crippen LogP) is 2.20. The SMILES string of the molecule is CC(C)(C)OOOC(=O)c1ccc(C(=O)O)cc1. The molecular weight excluding hydrogens is 240 g/mol. The van der Waals surface area contributed by atoms with Gasteiger partial charge in [-0.05, 0) is 50.1 Å². The average molecular weight is 254 g/mol. The standard InChI is InChI=1S/C12H14O6/c1-12(2,3)17-18-16-11(15)9-6-4-8(5-7-9)10(13)14/h4-7H,1-3H3,(H,13,14). The van der Waals surface area contributed by atoms with E-state index in [-0.39, 0.29) is 11.1 Å². The largest absolute Gasteiger partial charge is 0.478 e. The smallest absolute Gasteiger partial charge is 0.376 e. The minimum atomic E-state index is -1.07. The van der Waals surface area contributed by atoms with E-state index < -0.39 is 17.5 Å². The highest BCUT2D eigenvalue weighted by atomic mass is 17.5. The van der Waals surface area contributed by atoms with E-state index in [0.717, 1.165) is 0 Å². The summed E-state index contributed by atoms with van der Waals surface area (Å²) in [5.41, 5.74) is -0.358. The van der Waals surface area contributed by atoms with Crippen LogP contribution in [0.15, 0.2) is 24.3 Å². The van der Waals surface area contributed by atoms with Crippen molar-refractivity contribution < 1.29 is 29.5 Å². The molecular formula is C12H14O6. The first-order chi connectivity index (χ1) is 8.29. The summed E-state index contributed by atoms with van der Waals surface area (Å²) in [6, 6.07) is 5.24. The van der Waals surface area contributed by atoms with E-state index in [1.807, 2.05) is 0 Å². The Morgan fingerprint density at radius 2 is 1.56 bits per heavy atom. The zero-order valence-electron chi connectivity index (χ0n) is 10.3. The topological polar surface area (TPSA) is 82.1 Å². The molecule has 1 N–H and O–H groups in total. The van der Waals surface area contributed by atoms with Gasteiger partial charge in [0.15, 0.2) is 0 Å². The van der Waals surface area contributed by atoms with Crippen molar-refractivity contribution in [3.8, 4) is 0 Å². The Morgan fingerprint density at radius 1 is 1.06 bits per heavy atom. The van der Waals surface area contributed by atoms with Gasteiger partial charge < -0.3 is 5.11 Å². The van der Waals surface area contributed by atoms with Crippen LogP contribution in [0.1, 0.15) is 41.5 Å². The number of hydrogen-bond donors (Lipinski definition) is 1. The third-order valence-corrected chi connectivity index (χ3v) is 1.76. The lowest BCUT2D eigenvalue weighted by atomic mass is 10.1. The van der Waals surface area contributed by atoms with Gasteiger partial charge in [-0.15, -0.1) is 0 Å². The normalized spacial score (nSPS) is 11.1. The quantitative estimate of drug-likeness (QED) is 0.655. The first-order valence-electron chi connectivity index (χ1n) is 5.19. The summed E-state index contributed by atoms with van der Waals surface area (Å²) in [4.78, 5) is 31.2. The third-order valence-electron chi connectivity index (χ3n) is 1.76. The van der Waals surface area contributed by atoms with E-state index in [4.69, 9.17) is 9.99 Å². The van der Waals surface area contributed by atoms with Gasteiger partial charge in [-0.25, -0.2) is 9.59 Å². The molecule has 0 aliphatic heterocycles. The highest BCUT2D eigenvalue weighted by Gasteiger charge is 2.15. The van der Waals surface area contributed by atoms with Crippen LogP contribution >= 0.6 is 0 Å². The minimum Gasteiger partial charge on any atom is -0.478 e. The van der Waals surface area contributed by atoms with Gasteiger partial charge in [0, 0.05) is 0 Å². The maximum absolute atomic E-state index is 11.4. The van der Waals surface area contributed by atoms with E-state index in [0.29, 0.717) is 0 Å². The number of carbonyl (C=O) groups excluding carboxylic acids is 1. The first-order valence-corrected chi connectivity index (χ1v) is 5.19. The molecule has 0 aliphatic rings. The number of rotatable bonds is 4. The average Bonchev–Trinajstić information content (AvgIpc) is 2.27. The molecule has 6 heteroatoms. The van der Waals surface area contributed by atoms with Crippen LogP contribution < -0.4 is 0 Å². The van der Waals surface area contributed by atoms with Crippen LogP contribution in [0, 0.1) is 0 Å². The van der Waals surface area contributed by atoms with Crippen LogP contribution in [0.5, 0.6) is 0 Å². The highest BCUT2D eigenvalue weighted by Crippen LogP contribution is 2.10. The van der Waals surface area contributed by atoms with E-state index in [1.54, 1.807) is 20.8 Å². The van der Waals surface area contributed by atoms with Crippen LogP contribution in [0.2, 0.25) is 0 Å². The van der Waals surface area contributed by atoms with Crippen LogP contribution in [0.4, 0.5) is 0 Å². The summed E-state index contributed by atoms with van der Waals surface area (Å²) in [6.07, 6.45) is 0. The number of carbonyl (C=O) groups is 2. The Balaban J connectivity index is 2.54. The fourth-order valence-electron chi connectivity index (χ4n) is 0.947. The number of benzene rings is 1. The molecule has 6 nitrogen and oxygen atoms in total. The lowest BCUT2D eigenvalue weighted by molar-refractivity contribution is -0.510. The Labute approximate surface area is 104 Å². The van der Waals surface area contributed by atoms with Gasteiger partial charge in [-0.3, -0.25) is 4.89 Å². The predicted molar refractivity (Wildman–Crippen MR) is 60.7 cm³/mol. The molecule has 0 atom stereocenters. The monoisotopic (exact) mass is 254 g/mol. The summed E-state index contributed by atoms with van der Waals surface area (Å²) < 4.78 is 0. The maximum atomic E-state index is 11.4. The molecule has 98 valence electrons. The van der Waals surface area contributed by atoms with Crippen LogP contribution in [-0.4, -0.2) is 22.6 Å². The van der Waals surface area contributed by atoms with Crippen molar-refractivity contribution in [2.45, 2.75) is 26.4 Å². The fourth-order valence-corrected chi connectivity index (χ4v) is 0.947. The van der Waals surface area contributed by atoms with Gasteiger partial charge in [-0.1, -0.05) is 0 Å². The summed E-state index contributed by atoms with van der Waals surface area (Å²) in [5, 5.41) is 13.0. The second kappa shape index (κ2) is 5.61. The summed E-state index contributed by atoms with van der Waals surface area (Å²) in [5.74, 6) is -1.83. The molecule has 0 radical (unpaired) electrons. The van der Waals surface area contributed by atoms with E-state index in [1.165, 1.54) is 24.3 Å². The zero-order valence-corrected chi connectivity index (χ0v) is 10.3. The van der Waals surface area contributed by atoms with Crippen LogP contribution in [-0.2, 0) is 14.8 Å². The lowest BCUT2D eigenvalue weighted by Gasteiger charge is -2.15. The second-order valence-electron chi connectivity index (χ2n) is 4.52. The number of hydrogen-bond acceptors (Lipinski definition) is 5. The second-order valence-corrected chi connectivity index (χ2v) is 4.52. The molecule has 0 saturated carbocycles. The first kappa shape index (κ1) is 14.1. The summed E-state index contributed by atoms with van der Waals surface area (Å²) in [6.45, 7) is 5.17. The van der Waals surface area contributed by atoms with Crippen molar-refractivity contribution in [1.29, 1.82) is 0 Å². The van der Waals surface area contributed by atoms with Gasteiger partial charge in [0.25, 0.3) is 0 Å². The van der Waals surface area contributed by atoms with Crippen molar-refractivity contribution >= 4 is 11.9 Å². The Hall–Kier alpha value is -1.92. The number of carboxylic acids is 1. The third kappa shape index (κ3) is 4.52. The Morgan fingerprint density at radius 3 is 2.00 bits per heavy atom. The van der Waals surface area contributed by atoms with Crippen molar-refractivity contribution in [1.82, 2.24) is 0 Å². The van der Waals surface area contributed by atoms with Crippen molar-refractivity contribution in [3.05, 3.63) is 35.4 Å². The molecule has 0 spiro atoms. The van der Waals surface area contributed by atoms with Gasteiger partial charge in [0.2, 0.25) is 0 Å². The molecule has 1 aromatic carbocycles. The molecule has 0 bridgehead atoms. The molecule has 0 heterocycles. The van der Waals surface area contributed by atoms with Gasteiger partial charge in [-0.2, -0.15) is 4.89 Å². The molecule has 1 aromatic rings. The van der Waals surface area contributed by atoms with Crippen molar-refractivity contribution in [2.75, 3.05) is 0 Å². The van der Waals surface area contributed by atoms with Gasteiger partial charge in [0.05, 0.1) is 16.7 Å². The minimum absolute atomic E-state index is 0.0819. The number of aromatic carboxylic acids is 1. The maximum Gasteiger partial charge on any atom is 0.376 e. The van der Waals surface area contributed by atoms with Crippen molar-refractivity contribution in [2.24, 2.45) is 0 Å². The molecule has 0 aromatic heterocycles. The molecule has 18 heavy (non-hydrogen) atoms. The molecule has 0 fully saturated rings. The van der Waals surface area contributed by atoms with Gasteiger partial charge >= 0.3 is 11.9 Å². The summed E-state index contributed by atoms with van der Waals surface area (Å²) >= 11 is 0. The Bertz CT molecular complexity index is 429. The molecule has 0 unspecified atom stereocenters. The molecule has 0 saturated heterocycles. The molecule has 0 aliphatic carbocycles. The molecule has 1 rings (SSSR count). The van der Waals surface area contributed by atoms with E-state index >= 15 is 0 Å². The number of carboxylic acid groups (broad SMARTS) is 1. The van der Waals surface area contributed by atoms with Gasteiger partial charge in [0.1, 0.15) is 0 Å². The summed E-state index contributed by atoms with van der Waals surface area (Å²) in [7, 11) is 0. The van der Waals surface area contributed by atoms with E-state index in [2.05, 4.69) is 9.93 Å². The van der Waals surface area contributed by atoms with Crippen LogP contribution in [0.25, 0.3) is 0 Å². The molecule has 0 amide bonds. The van der Waals surface area contributed by atoms with Crippen molar-refractivity contribution in [3.63, 3.8) is 0 Å². The highest BCUT2D eigenvalue weighted by molar-refractivity contribution is 5.92.